The number of hydrogen-bond donors (Lipinski definition) is 2. The third kappa shape index (κ3) is 5.32. The number of aliphatic hydroxyl groups is 1. The summed E-state index contributed by atoms with van der Waals surface area (Å²) in [5, 5.41) is 14.0. The zero-order valence-electron chi connectivity index (χ0n) is 20.4. The van der Waals surface area contributed by atoms with Crippen LogP contribution in [-0.2, 0) is 9.59 Å². The number of para-hydroxylation sites is 1. The van der Waals surface area contributed by atoms with Crippen molar-refractivity contribution >= 4 is 23.2 Å². The van der Waals surface area contributed by atoms with E-state index >= 15 is 0 Å². The molecule has 184 valence electrons. The smallest absolute Gasteiger partial charge is 0.272 e. The molecule has 2 aromatic carbocycles. The average molecular weight is 474 g/mol. The molecule has 2 amide bonds. The SMILES string of the molecule is CN1C(=O)[C@@H](NC(=O)C(CC2CC2)C(O)CC2CCCC2)N=C(c2ccccc2)c2ccccc21. The summed E-state index contributed by atoms with van der Waals surface area (Å²) in [7, 11) is 1.72. The van der Waals surface area contributed by atoms with E-state index in [4.69, 9.17) is 4.99 Å². The van der Waals surface area contributed by atoms with Crippen molar-refractivity contribution in [3.63, 3.8) is 0 Å². The van der Waals surface area contributed by atoms with Crippen molar-refractivity contribution in [2.45, 2.75) is 63.6 Å². The molecule has 0 bridgehead atoms. The standard InChI is InChI=1S/C29H35N3O3/c1-32-24-14-8-7-13-22(24)26(21-11-3-2-4-12-21)30-27(29(32)35)31-28(34)23(17-20-15-16-20)25(33)18-19-9-5-6-10-19/h2-4,7-8,11-14,19-20,23,25,27,33H,5-6,9-10,15-18H2,1H3,(H,31,34)/t23?,25?,27-/m1/s1. The van der Waals surface area contributed by atoms with Gasteiger partial charge in [0.15, 0.2) is 0 Å². The molecule has 2 saturated carbocycles. The number of benzodiazepines with no additional fused rings is 1. The van der Waals surface area contributed by atoms with Crippen LogP contribution in [0.2, 0.25) is 0 Å². The number of fused-ring (bicyclic) bond motifs is 1. The van der Waals surface area contributed by atoms with Crippen molar-refractivity contribution < 1.29 is 14.7 Å². The molecule has 3 atom stereocenters. The molecule has 6 nitrogen and oxygen atoms in total. The van der Waals surface area contributed by atoms with Crippen LogP contribution in [0.3, 0.4) is 0 Å². The molecule has 2 aromatic rings. The molecule has 0 spiro atoms. The number of carbonyl (C=O) groups excluding carboxylic acids is 2. The summed E-state index contributed by atoms with van der Waals surface area (Å²) in [5.41, 5.74) is 3.17. The molecule has 2 unspecified atom stereocenters. The Bertz CT molecular complexity index is 1090. The summed E-state index contributed by atoms with van der Waals surface area (Å²) in [6.45, 7) is 0. The topological polar surface area (TPSA) is 82.0 Å². The van der Waals surface area contributed by atoms with E-state index in [9.17, 15) is 14.7 Å². The Labute approximate surface area is 207 Å². The lowest BCUT2D eigenvalue weighted by Crippen LogP contribution is -2.49. The maximum Gasteiger partial charge on any atom is 0.272 e. The summed E-state index contributed by atoms with van der Waals surface area (Å²) in [4.78, 5) is 33.4. The first kappa shape index (κ1) is 23.7. The highest BCUT2D eigenvalue weighted by molar-refractivity contribution is 6.20. The minimum Gasteiger partial charge on any atom is -0.392 e. The largest absolute Gasteiger partial charge is 0.392 e. The third-order valence-corrected chi connectivity index (χ3v) is 7.80. The minimum absolute atomic E-state index is 0.267. The van der Waals surface area contributed by atoms with Gasteiger partial charge in [-0.2, -0.15) is 0 Å². The summed E-state index contributed by atoms with van der Waals surface area (Å²) in [6.07, 6.45) is 6.48. The van der Waals surface area contributed by atoms with Crippen LogP contribution in [0.5, 0.6) is 0 Å². The summed E-state index contributed by atoms with van der Waals surface area (Å²) >= 11 is 0. The van der Waals surface area contributed by atoms with Crippen LogP contribution in [0.1, 0.15) is 62.5 Å². The first-order valence-corrected chi connectivity index (χ1v) is 13.0. The van der Waals surface area contributed by atoms with E-state index in [1.807, 2.05) is 54.6 Å². The van der Waals surface area contributed by atoms with Crippen molar-refractivity contribution in [3.8, 4) is 0 Å². The Morgan fingerprint density at radius 3 is 2.37 bits per heavy atom. The number of aliphatic imine (C=N–C) groups is 1. The van der Waals surface area contributed by atoms with Gasteiger partial charge in [-0.1, -0.05) is 87.1 Å². The van der Waals surface area contributed by atoms with E-state index < -0.39 is 18.2 Å². The molecule has 5 rings (SSSR count). The van der Waals surface area contributed by atoms with Gasteiger partial charge < -0.3 is 15.3 Å². The normalized spacial score (nSPS) is 22.2. The fourth-order valence-corrected chi connectivity index (χ4v) is 5.59. The minimum atomic E-state index is -1.05. The van der Waals surface area contributed by atoms with E-state index in [2.05, 4.69) is 5.32 Å². The van der Waals surface area contributed by atoms with Crippen LogP contribution >= 0.6 is 0 Å². The predicted molar refractivity (Wildman–Crippen MR) is 137 cm³/mol. The highest BCUT2D eigenvalue weighted by Crippen LogP contribution is 2.38. The molecule has 1 aliphatic heterocycles. The van der Waals surface area contributed by atoms with Gasteiger partial charge in [-0.15, -0.1) is 0 Å². The van der Waals surface area contributed by atoms with Crippen LogP contribution in [0.4, 0.5) is 5.69 Å². The van der Waals surface area contributed by atoms with Gasteiger partial charge in [-0.3, -0.25) is 9.59 Å². The van der Waals surface area contributed by atoms with Gasteiger partial charge in [0.25, 0.3) is 5.91 Å². The molecule has 0 saturated heterocycles. The van der Waals surface area contributed by atoms with E-state index in [-0.39, 0.29) is 11.8 Å². The third-order valence-electron chi connectivity index (χ3n) is 7.80. The van der Waals surface area contributed by atoms with E-state index in [0.29, 0.717) is 30.4 Å². The number of benzene rings is 2. The number of aliphatic hydroxyl groups excluding tert-OH is 1. The van der Waals surface area contributed by atoms with E-state index in [1.54, 1.807) is 11.9 Å². The van der Waals surface area contributed by atoms with Gasteiger partial charge >= 0.3 is 0 Å². The van der Waals surface area contributed by atoms with E-state index in [0.717, 1.165) is 42.5 Å². The quantitative estimate of drug-likeness (QED) is 0.600. The van der Waals surface area contributed by atoms with Gasteiger partial charge in [0.05, 0.1) is 23.4 Å². The Morgan fingerprint density at radius 1 is 1.00 bits per heavy atom. The molecule has 0 aromatic heterocycles. The average Bonchev–Trinajstić information content (AvgIpc) is 3.58. The molecule has 0 radical (unpaired) electrons. The summed E-state index contributed by atoms with van der Waals surface area (Å²) in [6, 6.07) is 17.4. The molecule has 35 heavy (non-hydrogen) atoms. The van der Waals surface area contributed by atoms with Crippen molar-refractivity contribution in [1.29, 1.82) is 0 Å². The lowest BCUT2D eigenvalue weighted by Gasteiger charge is -2.27. The maximum atomic E-state index is 13.6. The number of likely N-dealkylation sites (N-methyl/N-ethyl adjacent to an activating group) is 1. The number of rotatable bonds is 8. The molecule has 2 fully saturated rings. The molecule has 2 N–H and O–H groups in total. The monoisotopic (exact) mass is 473 g/mol. The summed E-state index contributed by atoms with van der Waals surface area (Å²) < 4.78 is 0. The van der Waals surface area contributed by atoms with Gasteiger partial charge in [0.2, 0.25) is 12.1 Å². The van der Waals surface area contributed by atoms with Gasteiger partial charge in [0, 0.05) is 18.2 Å². The van der Waals surface area contributed by atoms with Crippen LogP contribution < -0.4 is 10.2 Å². The van der Waals surface area contributed by atoms with Crippen LogP contribution in [0.15, 0.2) is 59.6 Å². The Hall–Kier alpha value is -2.99. The molecular weight excluding hydrogens is 438 g/mol. The first-order chi connectivity index (χ1) is 17.0. The second-order valence-corrected chi connectivity index (χ2v) is 10.4. The molecule has 1 heterocycles. The number of amides is 2. The van der Waals surface area contributed by atoms with E-state index in [1.165, 1.54) is 12.8 Å². The maximum absolute atomic E-state index is 13.6. The Kier molecular flexibility index (Phi) is 7.00. The van der Waals surface area contributed by atoms with Crippen molar-refractivity contribution in [2.75, 3.05) is 11.9 Å². The zero-order chi connectivity index (χ0) is 24.4. The Morgan fingerprint density at radius 2 is 1.66 bits per heavy atom. The number of carbonyl (C=O) groups is 2. The van der Waals surface area contributed by atoms with Gasteiger partial charge in [0.1, 0.15) is 0 Å². The molecular formula is C29H35N3O3. The number of nitrogens with one attached hydrogen (secondary N) is 1. The van der Waals surface area contributed by atoms with Gasteiger partial charge in [-0.25, -0.2) is 4.99 Å². The second-order valence-electron chi connectivity index (χ2n) is 10.4. The second kappa shape index (κ2) is 10.3. The lowest BCUT2D eigenvalue weighted by atomic mass is 9.87. The predicted octanol–water partition coefficient (Wildman–Crippen LogP) is 4.30. The fourth-order valence-electron chi connectivity index (χ4n) is 5.59. The van der Waals surface area contributed by atoms with Crippen LogP contribution in [0.25, 0.3) is 0 Å². The highest BCUT2D eigenvalue weighted by atomic mass is 16.3. The molecule has 3 aliphatic rings. The Balaban J connectivity index is 1.43. The van der Waals surface area contributed by atoms with Crippen molar-refractivity contribution in [1.82, 2.24) is 5.32 Å². The van der Waals surface area contributed by atoms with Crippen molar-refractivity contribution in [2.24, 2.45) is 22.7 Å². The highest BCUT2D eigenvalue weighted by Gasteiger charge is 2.38. The fraction of sp³-hybridized carbons (Fsp3) is 0.483. The molecule has 6 heteroatoms. The number of nitrogens with zero attached hydrogens (tertiary/aromatic N) is 2. The van der Waals surface area contributed by atoms with Crippen molar-refractivity contribution in [3.05, 3.63) is 65.7 Å². The summed E-state index contributed by atoms with van der Waals surface area (Å²) in [5.74, 6) is -0.0860. The van der Waals surface area contributed by atoms with Gasteiger partial charge in [-0.05, 0) is 30.7 Å². The zero-order valence-corrected chi connectivity index (χ0v) is 20.4. The molecule has 2 aliphatic carbocycles. The van der Waals surface area contributed by atoms with Crippen LogP contribution in [-0.4, -0.2) is 41.9 Å². The van der Waals surface area contributed by atoms with Crippen LogP contribution in [0, 0.1) is 17.8 Å². The number of anilines is 1. The lowest BCUT2D eigenvalue weighted by molar-refractivity contribution is -0.133. The first-order valence-electron chi connectivity index (χ1n) is 13.0. The number of hydrogen-bond acceptors (Lipinski definition) is 4.